The first-order chi connectivity index (χ1) is 11.9. The van der Waals surface area contributed by atoms with E-state index in [9.17, 15) is 9.18 Å². The van der Waals surface area contributed by atoms with Crippen molar-refractivity contribution >= 4 is 29.1 Å². The number of methoxy groups -OCH3 is 1. The first kappa shape index (κ1) is 19.5. The highest BCUT2D eigenvalue weighted by atomic mass is 35.5. The summed E-state index contributed by atoms with van der Waals surface area (Å²) in [5.41, 5.74) is 1.51. The molecule has 7 heteroatoms. The number of halogens is 3. The molecule has 0 saturated heterocycles. The van der Waals surface area contributed by atoms with Crippen molar-refractivity contribution in [2.75, 3.05) is 13.7 Å². The Balaban J connectivity index is 1.83. The highest BCUT2D eigenvalue weighted by Crippen LogP contribution is 2.28. The quantitative estimate of drug-likeness (QED) is 0.706. The van der Waals surface area contributed by atoms with Gasteiger partial charge in [-0.05, 0) is 42.3 Å². The minimum Gasteiger partial charge on any atom is -0.497 e. The number of carbonyl (C=O) groups excluding carboxylic acids is 1. The fourth-order valence-electron chi connectivity index (χ4n) is 2.23. The average molecular weight is 385 g/mol. The molecule has 2 aromatic carbocycles. The zero-order valence-corrected chi connectivity index (χ0v) is 15.4. The van der Waals surface area contributed by atoms with Crippen molar-refractivity contribution in [2.45, 2.75) is 19.5 Å². The number of hydrogen-bond donors (Lipinski definition) is 2. The summed E-state index contributed by atoms with van der Waals surface area (Å²) in [6.07, 6.45) is 0. The Hall–Kier alpha value is -1.82. The molecule has 2 rings (SSSR count). The van der Waals surface area contributed by atoms with Crippen LogP contribution < -0.4 is 15.4 Å². The zero-order valence-electron chi connectivity index (χ0n) is 13.9. The van der Waals surface area contributed by atoms with Gasteiger partial charge >= 0.3 is 0 Å². The number of rotatable bonds is 7. The third kappa shape index (κ3) is 5.59. The first-order valence-electron chi connectivity index (χ1n) is 7.68. The van der Waals surface area contributed by atoms with Gasteiger partial charge in [0.2, 0.25) is 5.91 Å². The van der Waals surface area contributed by atoms with Crippen molar-refractivity contribution < 1.29 is 13.9 Å². The van der Waals surface area contributed by atoms with E-state index in [0.717, 1.165) is 11.3 Å². The van der Waals surface area contributed by atoms with E-state index in [1.54, 1.807) is 14.0 Å². The Bertz CT molecular complexity index is 739. The Labute approximate surface area is 156 Å². The molecule has 0 heterocycles. The Kier molecular flexibility index (Phi) is 7.05. The predicted molar refractivity (Wildman–Crippen MR) is 97.7 cm³/mol. The van der Waals surface area contributed by atoms with E-state index in [-0.39, 0.29) is 23.5 Å². The number of ether oxygens (including phenoxy) is 1. The van der Waals surface area contributed by atoms with Crippen molar-refractivity contribution in [3.8, 4) is 5.75 Å². The highest BCUT2D eigenvalue weighted by Gasteiger charge is 2.14. The molecule has 0 saturated carbocycles. The SMILES string of the molecule is COc1ccc(CNC(=O)CN[C@H](C)c2cc(F)c(Cl)cc2Cl)cc1. The number of benzene rings is 2. The Morgan fingerprint density at radius 1 is 1.20 bits per heavy atom. The van der Waals surface area contributed by atoms with Gasteiger partial charge in [-0.3, -0.25) is 4.79 Å². The summed E-state index contributed by atoms with van der Waals surface area (Å²) in [5.74, 6) is 0.0459. The molecule has 134 valence electrons. The van der Waals surface area contributed by atoms with Gasteiger partial charge in [-0.1, -0.05) is 35.3 Å². The minimum absolute atomic E-state index is 0.0295. The van der Waals surface area contributed by atoms with E-state index in [1.807, 2.05) is 24.3 Å². The van der Waals surface area contributed by atoms with Crippen LogP contribution in [-0.4, -0.2) is 19.6 Å². The minimum atomic E-state index is -0.543. The molecule has 2 N–H and O–H groups in total. The Morgan fingerprint density at radius 2 is 1.88 bits per heavy atom. The van der Waals surface area contributed by atoms with Crippen LogP contribution in [0.3, 0.4) is 0 Å². The van der Waals surface area contributed by atoms with Crippen molar-refractivity contribution in [3.05, 3.63) is 63.4 Å². The molecule has 2 aromatic rings. The molecule has 1 amide bonds. The van der Waals surface area contributed by atoms with Gasteiger partial charge in [-0.15, -0.1) is 0 Å². The summed E-state index contributed by atoms with van der Waals surface area (Å²) in [5, 5.41) is 6.14. The summed E-state index contributed by atoms with van der Waals surface area (Å²) in [6.45, 7) is 2.29. The van der Waals surface area contributed by atoms with Crippen LogP contribution in [0.5, 0.6) is 5.75 Å². The maximum atomic E-state index is 13.6. The summed E-state index contributed by atoms with van der Waals surface area (Å²) in [4.78, 5) is 12.0. The van der Waals surface area contributed by atoms with Gasteiger partial charge in [-0.25, -0.2) is 4.39 Å². The largest absolute Gasteiger partial charge is 0.497 e. The van der Waals surface area contributed by atoms with Crippen LogP contribution in [0.25, 0.3) is 0 Å². The van der Waals surface area contributed by atoms with Crippen molar-refractivity contribution in [2.24, 2.45) is 0 Å². The molecule has 4 nitrogen and oxygen atoms in total. The summed E-state index contributed by atoms with van der Waals surface area (Å²) < 4.78 is 18.7. The second-order valence-electron chi connectivity index (χ2n) is 5.52. The fourth-order valence-corrected chi connectivity index (χ4v) is 2.78. The summed E-state index contributed by atoms with van der Waals surface area (Å²) >= 11 is 11.8. The van der Waals surface area contributed by atoms with Crippen LogP contribution in [-0.2, 0) is 11.3 Å². The van der Waals surface area contributed by atoms with Gasteiger partial charge in [0.1, 0.15) is 11.6 Å². The van der Waals surface area contributed by atoms with Crippen LogP contribution in [0.15, 0.2) is 36.4 Å². The number of nitrogens with one attached hydrogen (secondary N) is 2. The van der Waals surface area contributed by atoms with Crippen LogP contribution >= 0.6 is 23.2 Å². The summed E-state index contributed by atoms with van der Waals surface area (Å²) in [7, 11) is 1.60. The number of amides is 1. The van der Waals surface area contributed by atoms with Gasteiger partial charge in [0.15, 0.2) is 0 Å². The molecule has 25 heavy (non-hydrogen) atoms. The average Bonchev–Trinajstić information content (AvgIpc) is 2.61. The van der Waals surface area contributed by atoms with Gasteiger partial charge in [-0.2, -0.15) is 0 Å². The molecular weight excluding hydrogens is 366 g/mol. The van der Waals surface area contributed by atoms with E-state index in [1.165, 1.54) is 12.1 Å². The number of carbonyl (C=O) groups is 1. The van der Waals surface area contributed by atoms with Crippen LogP contribution in [0.2, 0.25) is 10.0 Å². The zero-order chi connectivity index (χ0) is 18.4. The van der Waals surface area contributed by atoms with Gasteiger partial charge < -0.3 is 15.4 Å². The predicted octanol–water partition coefficient (Wildman–Crippen LogP) is 4.11. The molecule has 0 spiro atoms. The van der Waals surface area contributed by atoms with Crippen molar-refractivity contribution in [1.82, 2.24) is 10.6 Å². The van der Waals surface area contributed by atoms with Crippen molar-refractivity contribution in [1.29, 1.82) is 0 Å². The lowest BCUT2D eigenvalue weighted by Crippen LogP contribution is -2.34. The van der Waals surface area contributed by atoms with E-state index < -0.39 is 5.82 Å². The standard InChI is InChI=1S/C18H19Cl2FN2O2/c1-11(14-7-17(21)16(20)8-15(14)19)22-10-18(24)23-9-12-3-5-13(25-2)6-4-12/h3-8,11,22H,9-10H2,1-2H3,(H,23,24)/t11-/m1/s1. The lowest BCUT2D eigenvalue weighted by atomic mass is 10.1. The topological polar surface area (TPSA) is 50.4 Å². The van der Waals surface area contributed by atoms with Crippen LogP contribution in [0.4, 0.5) is 4.39 Å². The Morgan fingerprint density at radius 3 is 2.52 bits per heavy atom. The maximum absolute atomic E-state index is 13.6. The maximum Gasteiger partial charge on any atom is 0.234 e. The lowest BCUT2D eigenvalue weighted by molar-refractivity contribution is -0.120. The van der Waals surface area contributed by atoms with Crippen LogP contribution in [0.1, 0.15) is 24.1 Å². The first-order valence-corrected chi connectivity index (χ1v) is 8.43. The van der Waals surface area contributed by atoms with Crippen LogP contribution in [0, 0.1) is 5.82 Å². The highest BCUT2D eigenvalue weighted by molar-refractivity contribution is 6.35. The molecule has 0 fully saturated rings. The van der Waals surface area contributed by atoms with E-state index in [2.05, 4.69) is 10.6 Å². The second-order valence-corrected chi connectivity index (χ2v) is 6.33. The summed E-state index contributed by atoms with van der Waals surface area (Å²) in [6, 6.07) is 9.76. The van der Waals surface area contributed by atoms with Crippen molar-refractivity contribution in [3.63, 3.8) is 0 Å². The normalized spacial score (nSPS) is 11.9. The molecule has 0 aliphatic heterocycles. The lowest BCUT2D eigenvalue weighted by Gasteiger charge is -2.16. The van der Waals surface area contributed by atoms with E-state index >= 15 is 0 Å². The molecule has 0 aliphatic rings. The van der Waals surface area contributed by atoms with Gasteiger partial charge in [0, 0.05) is 17.6 Å². The fraction of sp³-hybridized carbons (Fsp3) is 0.278. The molecule has 0 aliphatic carbocycles. The molecule has 1 atom stereocenters. The molecule has 0 aromatic heterocycles. The third-order valence-electron chi connectivity index (χ3n) is 3.72. The second kappa shape index (κ2) is 9.04. The number of hydrogen-bond acceptors (Lipinski definition) is 3. The molecule has 0 unspecified atom stereocenters. The van der Waals surface area contributed by atoms with E-state index in [0.29, 0.717) is 17.1 Å². The van der Waals surface area contributed by atoms with Gasteiger partial charge in [0.25, 0.3) is 0 Å². The monoisotopic (exact) mass is 384 g/mol. The molecular formula is C18H19Cl2FN2O2. The molecule has 0 radical (unpaired) electrons. The molecule has 0 bridgehead atoms. The smallest absolute Gasteiger partial charge is 0.234 e. The van der Waals surface area contributed by atoms with E-state index in [4.69, 9.17) is 27.9 Å². The third-order valence-corrected chi connectivity index (χ3v) is 4.34. The van der Waals surface area contributed by atoms with Gasteiger partial charge in [0.05, 0.1) is 18.7 Å².